The molecule has 2 atom stereocenters. The Morgan fingerprint density at radius 1 is 1.23 bits per heavy atom. The first-order chi connectivity index (χ1) is 12.1. The van der Waals surface area contributed by atoms with E-state index < -0.39 is 0 Å². The van der Waals surface area contributed by atoms with Crippen LogP contribution in [0.25, 0.3) is 11.3 Å². The summed E-state index contributed by atoms with van der Waals surface area (Å²) in [5.74, 6) is 0.474. The van der Waals surface area contributed by atoms with Gasteiger partial charge in [0.05, 0.1) is 5.69 Å². The highest BCUT2D eigenvalue weighted by molar-refractivity contribution is 5.85. The topological polar surface area (TPSA) is 81.2 Å². The SMILES string of the molecule is CC1CCN(C(=O)Cn2nc(-c3ccccc3)ccc2=O)C(CN)C1.Cl. The smallest absolute Gasteiger partial charge is 0.267 e. The van der Waals surface area contributed by atoms with Crippen LogP contribution in [-0.2, 0) is 11.3 Å². The first-order valence-corrected chi connectivity index (χ1v) is 8.71. The van der Waals surface area contributed by atoms with Gasteiger partial charge >= 0.3 is 0 Å². The molecular weight excluding hydrogens is 352 g/mol. The van der Waals surface area contributed by atoms with E-state index in [1.165, 1.54) is 10.7 Å². The number of carbonyl (C=O) groups is 1. The molecule has 0 saturated carbocycles. The van der Waals surface area contributed by atoms with E-state index in [9.17, 15) is 9.59 Å². The zero-order valence-electron chi connectivity index (χ0n) is 14.9. The summed E-state index contributed by atoms with van der Waals surface area (Å²) in [5.41, 5.74) is 7.15. The number of likely N-dealkylation sites (tertiary alicyclic amines) is 1. The number of hydrogen-bond donors (Lipinski definition) is 1. The second-order valence-corrected chi connectivity index (χ2v) is 6.69. The number of amides is 1. The van der Waals surface area contributed by atoms with Crippen molar-refractivity contribution in [1.82, 2.24) is 14.7 Å². The van der Waals surface area contributed by atoms with Gasteiger partial charge in [-0.15, -0.1) is 12.4 Å². The normalized spacial score (nSPS) is 19.7. The van der Waals surface area contributed by atoms with Gasteiger partial charge in [0.2, 0.25) is 5.91 Å². The number of nitrogens with zero attached hydrogens (tertiary/aromatic N) is 3. The summed E-state index contributed by atoms with van der Waals surface area (Å²) in [5, 5.41) is 4.37. The minimum atomic E-state index is -0.275. The Balaban J connectivity index is 0.00000243. The maximum Gasteiger partial charge on any atom is 0.267 e. The van der Waals surface area contributed by atoms with Crippen LogP contribution in [0.1, 0.15) is 19.8 Å². The summed E-state index contributed by atoms with van der Waals surface area (Å²) in [6.07, 6.45) is 1.88. The maximum absolute atomic E-state index is 12.7. The Bertz CT molecular complexity index is 794. The van der Waals surface area contributed by atoms with Crippen LogP contribution in [0, 0.1) is 5.92 Å². The number of rotatable bonds is 4. The van der Waals surface area contributed by atoms with E-state index in [1.807, 2.05) is 35.2 Å². The molecule has 26 heavy (non-hydrogen) atoms. The summed E-state index contributed by atoms with van der Waals surface area (Å²) < 4.78 is 1.25. The fourth-order valence-corrected chi connectivity index (χ4v) is 3.35. The monoisotopic (exact) mass is 376 g/mol. The predicted molar refractivity (Wildman–Crippen MR) is 104 cm³/mol. The van der Waals surface area contributed by atoms with Gasteiger partial charge in [-0.2, -0.15) is 5.10 Å². The molecule has 1 aromatic heterocycles. The lowest BCUT2D eigenvalue weighted by atomic mass is 9.92. The largest absolute Gasteiger partial charge is 0.337 e. The molecule has 6 nitrogen and oxygen atoms in total. The molecule has 2 heterocycles. The van der Waals surface area contributed by atoms with Gasteiger partial charge in [-0.1, -0.05) is 37.3 Å². The zero-order valence-corrected chi connectivity index (χ0v) is 15.7. The second-order valence-electron chi connectivity index (χ2n) is 6.69. The van der Waals surface area contributed by atoms with Crippen molar-refractivity contribution in [3.8, 4) is 11.3 Å². The van der Waals surface area contributed by atoms with Crippen LogP contribution in [0.4, 0.5) is 0 Å². The zero-order chi connectivity index (χ0) is 17.8. The van der Waals surface area contributed by atoms with E-state index in [2.05, 4.69) is 12.0 Å². The molecule has 3 rings (SSSR count). The van der Waals surface area contributed by atoms with E-state index in [0.717, 1.165) is 18.4 Å². The third kappa shape index (κ3) is 4.51. The molecule has 2 aromatic rings. The highest BCUT2D eigenvalue weighted by Crippen LogP contribution is 2.22. The Morgan fingerprint density at radius 3 is 2.65 bits per heavy atom. The quantitative estimate of drug-likeness (QED) is 0.883. The lowest BCUT2D eigenvalue weighted by molar-refractivity contribution is -0.136. The number of benzene rings is 1. The van der Waals surface area contributed by atoms with Crippen molar-refractivity contribution in [2.45, 2.75) is 32.4 Å². The van der Waals surface area contributed by atoms with E-state index in [4.69, 9.17) is 5.73 Å². The summed E-state index contributed by atoms with van der Waals surface area (Å²) in [4.78, 5) is 26.7. The number of aromatic nitrogens is 2. The Morgan fingerprint density at radius 2 is 1.96 bits per heavy atom. The first kappa shape index (κ1) is 20.1. The van der Waals surface area contributed by atoms with Crippen LogP contribution in [0.15, 0.2) is 47.3 Å². The lowest BCUT2D eigenvalue weighted by Crippen LogP contribution is -2.50. The Kier molecular flexibility index (Phi) is 6.94. The standard InChI is InChI=1S/C19H24N4O2.ClH/c1-14-9-10-22(16(11-14)12-20)19(25)13-23-18(24)8-7-17(21-23)15-5-3-2-4-6-15;/h2-8,14,16H,9-13,20H2,1H3;1H. The van der Waals surface area contributed by atoms with Crippen LogP contribution in [0.3, 0.4) is 0 Å². The van der Waals surface area contributed by atoms with E-state index in [1.54, 1.807) is 6.07 Å². The van der Waals surface area contributed by atoms with Gasteiger partial charge in [-0.25, -0.2) is 4.68 Å². The van der Waals surface area contributed by atoms with Crippen LogP contribution < -0.4 is 11.3 Å². The molecule has 1 aliphatic rings. The highest BCUT2D eigenvalue weighted by Gasteiger charge is 2.29. The minimum Gasteiger partial charge on any atom is -0.337 e. The van der Waals surface area contributed by atoms with Crippen LogP contribution in [-0.4, -0.2) is 39.7 Å². The van der Waals surface area contributed by atoms with E-state index in [0.29, 0.717) is 24.7 Å². The van der Waals surface area contributed by atoms with Crippen molar-refractivity contribution in [3.05, 3.63) is 52.8 Å². The van der Waals surface area contributed by atoms with Gasteiger partial charge < -0.3 is 10.6 Å². The van der Waals surface area contributed by atoms with E-state index in [-0.39, 0.29) is 36.5 Å². The van der Waals surface area contributed by atoms with Crippen LogP contribution in [0.2, 0.25) is 0 Å². The number of hydrogen-bond acceptors (Lipinski definition) is 4. The molecule has 1 aromatic carbocycles. The fraction of sp³-hybridized carbons (Fsp3) is 0.421. The average molecular weight is 377 g/mol. The lowest BCUT2D eigenvalue weighted by Gasteiger charge is -2.38. The summed E-state index contributed by atoms with van der Waals surface area (Å²) in [6.45, 7) is 3.27. The molecule has 0 bridgehead atoms. The molecular formula is C19H25ClN4O2. The third-order valence-corrected chi connectivity index (χ3v) is 4.79. The molecule has 1 amide bonds. The number of carbonyl (C=O) groups excluding carboxylic acids is 1. The van der Waals surface area contributed by atoms with Crippen molar-refractivity contribution in [1.29, 1.82) is 0 Å². The number of halogens is 1. The Hall–Kier alpha value is -2.18. The predicted octanol–water partition coefficient (Wildman–Crippen LogP) is 1.92. The van der Waals surface area contributed by atoms with Crippen LogP contribution in [0.5, 0.6) is 0 Å². The molecule has 0 aliphatic carbocycles. The first-order valence-electron chi connectivity index (χ1n) is 8.71. The Labute approximate surface area is 159 Å². The van der Waals surface area contributed by atoms with Gasteiger partial charge in [-0.3, -0.25) is 9.59 Å². The number of nitrogens with two attached hydrogens (primary N) is 1. The summed E-state index contributed by atoms with van der Waals surface area (Å²) in [7, 11) is 0. The maximum atomic E-state index is 12.7. The second kappa shape index (κ2) is 8.96. The molecule has 140 valence electrons. The molecule has 2 N–H and O–H groups in total. The van der Waals surface area contributed by atoms with Gasteiger partial charge in [0.15, 0.2) is 0 Å². The highest BCUT2D eigenvalue weighted by atomic mass is 35.5. The van der Waals surface area contributed by atoms with Gasteiger partial charge in [0, 0.05) is 30.8 Å². The minimum absolute atomic E-state index is 0. The fourth-order valence-electron chi connectivity index (χ4n) is 3.35. The molecule has 1 aliphatic heterocycles. The van der Waals surface area contributed by atoms with Crippen molar-refractivity contribution in [3.63, 3.8) is 0 Å². The summed E-state index contributed by atoms with van der Waals surface area (Å²) in [6, 6.07) is 12.8. The molecule has 0 radical (unpaired) electrons. The van der Waals surface area contributed by atoms with E-state index >= 15 is 0 Å². The summed E-state index contributed by atoms with van der Waals surface area (Å²) >= 11 is 0. The van der Waals surface area contributed by atoms with Crippen molar-refractivity contribution in [2.75, 3.05) is 13.1 Å². The van der Waals surface area contributed by atoms with Gasteiger partial charge in [-0.05, 0) is 24.8 Å². The molecule has 2 unspecified atom stereocenters. The average Bonchev–Trinajstić information content (AvgIpc) is 2.64. The molecule has 1 fully saturated rings. The van der Waals surface area contributed by atoms with Crippen LogP contribution >= 0.6 is 12.4 Å². The molecule has 1 saturated heterocycles. The van der Waals surface area contributed by atoms with Crippen molar-refractivity contribution < 1.29 is 4.79 Å². The molecule has 0 spiro atoms. The van der Waals surface area contributed by atoms with Gasteiger partial charge in [0.25, 0.3) is 5.56 Å². The van der Waals surface area contributed by atoms with Crippen molar-refractivity contribution >= 4 is 18.3 Å². The number of piperidine rings is 1. The van der Waals surface area contributed by atoms with Gasteiger partial charge in [0.1, 0.15) is 6.54 Å². The van der Waals surface area contributed by atoms with Crippen molar-refractivity contribution in [2.24, 2.45) is 11.7 Å². The molecule has 7 heteroatoms. The third-order valence-electron chi connectivity index (χ3n) is 4.79.